The summed E-state index contributed by atoms with van der Waals surface area (Å²) >= 11 is 0. The van der Waals surface area contributed by atoms with Crippen molar-refractivity contribution in [1.82, 2.24) is 0 Å². The molecule has 1 atom stereocenters. The number of phenols is 1. The van der Waals surface area contributed by atoms with Crippen molar-refractivity contribution in [1.29, 1.82) is 0 Å². The first-order chi connectivity index (χ1) is 10.6. The molecule has 0 fully saturated rings. The van der Waals surface area contributed by atoms with Crippen molar-refractivity contribution in [3.8, 4) is 5.75 Å². The fourth-order valence-corrected chi connectivity index (χ4v) is 2.70. The summed E-state index contributed by atoms with van der Waals surface area (Å²) in [5, 5.41) is 28.3. The van der Waals surface area contributed by atoms with E-state index >= 15 is 0 Å². The second-order valence-corrected chi connectivity index (χ2v) is 7.01. The van der Waals surface area contributed by atoms with Crippen LogP contribution in [0.2, 0.25) is 0 Å². The first kappa shape index (κ1) is 19.0. The molecular weight excluding hydrogens is 296 g/mol. The third-order valence-corrected chi connectivity index (χ3v) is 4.55. The molecule has 5 heteroatoms. The van der Waals surface area contributed by atoms with Crippen LogP contribution in [0.1, 0.15) is 58.4 Å². The van der Waals surface area contributed by atoms with Crippen molar-refractivity contribution in [3.05, 3.63) is 29.8 Å². The Morgan fingerprint density at radius 1 is 1.00 bits per heavy atom. The zero-order chi connectivity index (χ0) is 17.7. The van der Waals surface area contributed by atoms with Crippen LogP contribution in [0, 0.1) is 5.41 Å². The smallest absolute Gasteiger partial charge is 0.309 e. The number of phenolic OH excluding ortho intramolecular Hbond substituents is 1. The zero-order valence-electron chi connectivity index (χ0n) is 14.0. The molecule has 128 valence electrons. The molecule has 0 saturated carbocycles. The van der Waals surface area contributed by atoms with E-state index in [1.54, 1.807) is 26.0 Å². The van der Waals surface area contributed by atoms with E-state index in [-0.39, 0.29) is 12.2 Å². The van der Waals surface area contributed by atoms with Gasteiger partial charge in [-0.2, -0.15) is 0 Å². The third-order valence-electron chi connectivity index (χ3n) is 4.55. The molecule has 0 amide bonds. The topological polar surface area (TPSA) is 94.8 Å². The van der Waals surface area contributed by atoms with Crippen molar-refractivity contribution in [2.45, 2.75) is 58.3 Å². The van der Waals surface area contributed by atoms with Gasteiger partial charge >= 0.3 is 11.9 Å². The van der Waals surface area contributed by atoms with Gasteiger partial charge in [0.2, 0.25) is 0 Å². The van der Waals surface area contributed by atoms with E-state index in [4.69, 9.17) is 5.11 Å². The molecule has 0 radical (unpaired) electrons. The number of hydrogen-bond acceptors (Lipinski definition) is 3. The number of aromatic hydroxyl groups is 1. The molecule has 0 aliphatic rings. The molecule has 23 heavy (non-hydrogen) atoms. The Morgan fingerprint density at radius 3 is 2.13 bits per heavy atom. The Kier molecular flexibility index (Phi) is 6.19. The predicted molar refractivity (Wildman–Crippen MR) is 87.6 cm³/mol. The van der Waals surface area contributed by atoms with Crippen LogP contribution in [0.4, 0.5) is 0 Å². The minimum atomic E-state index is -0.863. The van der Waals surface area contributed by atoms with Crippen LogP contribution in [0.15, 0.2) is 24.3 Å². The molecule has 1 aromatic rings. The van der Waals surface area contributed by atoms with Crippen LogP contribution in [0.5, 0.6) is 5.75 Å². The summed E-state index contributed by atoms with van der Waals surface area (Å²) in [5.41, 5.74) is -0.585. The molecule has 0 bridgehead atoms. The van der Waals surface area contributed by atoms with E-state index in [0.29, 0.717) is 25.7 Å². The molecule has 0 saturated heterocycles. The normalized spacial score (nSPS) is 14.2. The van der Waals surface area contributed by atoms with Crippen LogP contribution >= 0.6 is 0 Å². The number of carbonyl (C=O) groups is 2. The molecule has 0 heterocycles. The predicted octanol–water partition coefficient (Wildman–Crippen LogP) is 3.80. The monoisotopic (exact) mass is 322 g/mol. The molecule has 1 rings (SSSR count). The standard InChI is InChI=1S/C18H26O5/c1-17(2,16(22)23)11-12-18(3,10-6-9-15(20)21)13-7-4-5-8-14(13)19/h4-5,7-8,19H,6,9-12H2,1-3H3,(H,20,21)(H,22,23). The average Bonchev–Trinajstić information content (AvgIpc) is 2.45. The fourth-order valence-electron chi connectivity index (χ4n) is 2.70. The lowest BCUT2D eigenvalue weighted by Gasteiger charge is -2.33. The lowest BCUT2D eigenvalue weighted by molar-refractivity contribution is -0.147. The highest BCUT2D eigenvalue weighted by Gasteiger charge is 2.34. The first-order valence-corrected chi connectivity index (χ1v) is 7.82. The number of benzene rings is 1. The number of hydrogen-bond donors (Lipinski definition) is 3. The molecule has 0 aliphatic heterocycles. The van der Waals surface area contributed by atoms with E-state index in [0.717, 1.165) is 5.56 Å². The number of para-hydroxylation sites is 1. The van der Waals surface area contributed by atoms with E-state index in [1.807, 2.05) is 19.1 Å². The van der Waals surface area contributed by atoms with Crippen molar-refractivity contribution < 1.29 is 24.9 Å². The third kappa shape index (κ3) is 5.27. The van der Waals surface area contributed by atoms with Crippen molar-refractivity contribution in [2.75, 3.05) is 0 Å². The molecule has 1 aromatic carbocycles. The van der Waals surface area contributed by atoms with Crippen LogP contribution in [-0.2, 0) is 15.0 Å². The van der Waals surface area contributed by atoms with Gasteiger partial charge in [-0.1, -0.05) is 25.1 Å². The van der Waals surface area contributed by atoms with Gasteiger partial charge in [0.1, 0.15) is 5.75 Å². The van der Waals surface area contributed by atoms with Gasteiger partial charge in [-0.3, -0.25) is 9.59 Å². The highest BCUT2D eigenvalue weighted by Crippen LogP contribution is 2.41. The van der Waals surface area contributed by atoms with Crippen molar-refractivity contribution in [2.24, 2.45) is 5.41 Å². The summed E-state index contributed by atoms with van der Waals surface area (Å²) in [6.45, 7) is 5.32. The largest absolute Gasteiger partial charge is 0.508 e. The van der Waals surface area contributed by atoms with Gasteiger partial charge in [-0.25, -0.2) is 0 Å². The molecule has 0 aromatic heterocycles. The molecule has 1 unspecified atom stereocenters. The van der Waals surface area contributed by atoms with Crippen LogP contribution < -0.4 is 0 Å². The second-order valence-electron chi connectivity index (χ2n) is 7.01. The number of carboxylic acid groups (broad SMARTS) is 2. The van der Waals surface area contributed by atoms with Gasteiger partial charge in [-0.05, 0) is 56.6 Å². The highest BCUT2D eigenvalue weighted by atomic mass is 16.4. The zero-order valence-corrected chi connectivity index (χ0v) is 14.0. The quantitative estimate of drug-likeness (QED) is 0.643. The minimum absolute atomic E-state index is 0.0610. The van der Waals surface area contributed by atoms with Crippen LogP contribution in [-0.4, -0.2) is 27.3 Å². The van der Waals surface area contributed by atoms with Crippen molar-refractivity contribution in [3.63, 3.8) is 0 Å². The lowest BCUT2D eigenvalue weighted by Crippen LogP contribution is -2.29. The maximum atomic E-state index is 11.3. The molecule has 5 nitrogen and oxygen atoms in total. The van der Waals surface area contributed by atoms with Crippen LogP contribution in [0.25, 0.3) is 0 Å². The molecule has 0 aliphatic carbocycles. The molecule has 0 spiro atoms. The number of carboxylic acids is 2. The second kappa shape index (κ2) is 7.49. The number of aliphatic carboxylic acids is 2. The highest BCUT2D eigenvalue weighted by molar-refractivity contribution is 5.73. The Balaban J connectivity index is 2.99. The van der Waals surface area contributed by atoms with Gasteiger partial charge in [0.15, 0.2) is 0 Å². The Hall–Kier alpha value is -2.04. The summed E-state index contributed by atoms with van der Waals surface area (Å²) in [6, 6.07) is 6.99. The molecule has 3 N–H and O–H groups in total. The van der Waals surface area contributed by atoms with E-state index in [2.05, 4.69) is 0 Å². The van der Waals surface area contributed by atoms with E-state index in [9.17, 15) is 19.8 Å². The summed E-state index contributed by atoms with van der Waals surface area (Å²) in [7, 11) is 0. The summed E-state index contributed by atoms with van der Waals surface area (Å²) in [5.74, 6) is -1.54. The Morgan fingerprint density at radius 2 is 1.61 bits per heavy atom. The summed E-state index contributed by atoms with van der Waals surface area (Å²) in [6.07, 6.45) is 2.12. The summed E-state index contributed by atoms with van der Waals surface area (Å²) < 4.78 is 0. The van der Waals surface area contributed by atoms with Gasteiger partial charge < -0.3 is 15.3 Å². The lowest BCUT2D eigenvalue weighted by atomic mass is 9.71. The fraction of sp³-hybridized carbons (Fsp3) is 0.556. The average molecular weight is 322 g/mol. The minimum Gasteiger partial charge on any atom is -0.508 e. The van der Waals surface area contributed by atoms with E-state index < -0.39 is 22.8 Å². The number of rotatable bonds is 9. The summed E-state index contributed by atoms with van der Waals surface area (Å²) in [4.78, 5) is 22.1. The Bertz CT molecular complexity index is 564. The van der Waals surface area contributed by atoms with Gasteiger partial charge in [0.25, 0.3) is 0 Å². The van der Waals surface area contributed by atoms with Gasteiger partial charge in [0, 0.05) is 6.42 Å². The Labute approximate surface area is 137 Å². The van der Waals surface area contributed by atoms with Gasteiger partial charge in [-0.15, -0.1) is 0 Å². The first-order valence-electron chi connectivity index (χ1n) is 7.82. The SMILES string of the molecule is CC(C)(CCC(C)(CCCC(=O)O)c1ccccc1O)C(=O)O. The maximum Gasteiger partial charge on any atom is 0.309 e. The van der Waals surface area contributed by atoms with Crippen molar-refractivity contribution >= 4 is 11.9 Å². The van der Waals surface area contributed by atoms with Gasteiger partial charge in [0.05, 0.1) is 5.41 Å². The molecular formula is C18H26O5. The maximum absolute atomic E-state index is 11.3. The van der Waals surface area contributed by atoms with Crippen LogP contribution in [0.3, 0.4) is 0 Å². The van der Waals surface area contributed by atoms with E-state index in [1.165, 1.54) is 0 Å².